The van der Waals surface area contributed by atoms with Crippen LogP contribution in [0.5, 0.6) is 0 Å². The summed E-state index contributed by atoms with van der Waals surface area (Å²) >= 11 is 0. The van der Waals surface area contributed by atoms with Crippen molar-refractivity contribution in [2.75, 3.05) is 0 Å². The van der Waals surface area contributed by atoms with Crippen molar-refractivity contribution in [2.24, 2.45) is 11.8 Å². The molecule has 1 aromatic rings. The van der Waals surface area contributed by atoms with E-state index >= 15 is 0 Å². The zero-order valence-corrected chi connectivity index (χ0v) is 11.3. The molecule has 1 aromatic carbocycles. The summed E-state index contributed by atoms with van der Waals surface area (Å²) in [5.41, 5.74) is 2.73. The minimum Gasteiger partial charge on any atom is -0.346 e. The Morgan fingerprint density at radius 1 is 1.32 bits per heavy atom. The van der Waals surface area contributed by atoms with Crippen molar-refractivity contribution in [3.63, 3.8) is 0 Å². The van der Waals surface area contributed by atoms with E-state index in [0.29, 0.717) is 11.8 Å². The van der Waals surface area contributed by atoms with E-state index in [1.54, 1.807) is 6.92 Å². The molecule has 4 atom stereocenters. The lowest BCUT2D eigenvalue weighted by molar-refractivity contribution is -0.127. The highest BCUT2D eigenvalue weighted by Crippen LogP contribution is 2.59. The van der Waals surface area contributed by atoms with Gasteiger partial charge < -0.3 is 5.32 Å². The average molecular weight is 257 g/mol. The Hall–Kier alpha value is -1.64. The minimum atomic E-state index is -0.370. The monoisotopic (exact) mass is 257 g/mol. The first kappa shape index (κ1) is 12.4. The van der Waals surface area contributed by atoms with Gasteiger partial charge in [-0.1, -0.05) is 24.3 Å². The van der Waals surface area contributed by atoms with Gasteiger partial charge in [0, 0.05) is 5.92 Å². The Kier molecular flexibility index (Phi) is 2.92. The third-order valence-electron chi connectivity index (χ3n) is 4.60. The van der Waals surface area contributed by atoms with Gasteiger partial charge in [0.1, 0.15) is 0 Å². The molecule has 0 spiro atoms. The molecule has 1 N–H and O–H groups in total. The summed E-state index contributed by atoms with van der Waals surface area (Å²) < 4.78 is 0. The second-order valence-corrected chi connectivity index (χ2v) is 5.79. The lowest BCUT2D eigenvalue weighted by atomic mass is 9.92. The van der Waals surface area contributed by atoms with Gasteiger partial charge in [-0.05, 0) is 49.7 Å². The molecular weight excluding hydrogens is 238 g/mol. The summed E-state index contributed by atoms with van der Waals surface area (Å²) in [6.07, 6.45) is 2.16. The number of rotatable bonds is 3. The van der Waals surface area contributed by atoms with Crippen molar-refractivity contribution in [1.82, 2.24) is 5.32 Å². The first-order chi connectivity index (χ1) is 9.09. The Balaban J connectivity index is 1.74. The van der Waals surface area contributed by atoms with Gasteiger partial charge >= 0.3 is 0 Å². The number of hydrogen-bond acceptors (Lipinski definition) is 2. The zero-order chi connectivity index (χ0) is 13.6. The van der Waals surface area contributed by atoms with Gasteiger partial charge in [-0.2, -0.15) is 0 Å². The first-order valence-corrected chi connectivity index (χ1v) is 6.98. The molecule has 0 aliphatic heterocycles. The molecule has 4 unspecified atom stereocenters. The summed E-state index contributed by atoms with van der Waals surface area (Å²) in [4.78, 5) is 23.5. The highest BCUT2D eigenvalue weighted by molar-refractivity contribution is 5.90. The summed E-state index contributed by atoms with van der Waals surface area (Å²) in [6, 6.07) is 8.05. The van der Waals surface area contributed by atoms with Gasteiger partial charge in [-0.25, -0.2) is 0 Å². The fourth-order valence-corrected chi connectivity index (χ4v) is 3.34. The zero-order valence-electron chi connectivity index (χ0n) is 11.3. The van der Waals surface area contributed by atoms with Crippen LogP contribution in [-0.2, 0) is 16.0 Å². The molecule has 0 bridgehead atoms. The van der Waals surface area contributed by atoms with E-state index in [1.807, 2.05) is 6.07 Å². The highest BCUT2D eigenvalue weighted by atomic mass is 16.2. The SMILES string of the molecule is CC(=O)C(C)NC(=O)C1C2CCc3ccccc3C21. The lowest BCUT2D eigenvalue weighted by Gasteiger charge is -2.13. The first-order valence-electron chi connectivity index (χ1n) is 6.98. The van der Waals surface area contributed by atoms with Gasteiger partial charge in [0.2, 0.25) is 5.91 Å². The van der Waals surface area contributed by atoms with Crippen LogP contribution in [0.15, 0.2) is 24.3 Å². The molecule has 3 heteroatoms. The standard InChI is InChI=1S/C16H19NO2/c1-9(10(2)18)17-16(19)15-13-8-7-11-5-3-4-6-12(11)14(13)15/h3-6,9,13-15H,7-8H2,1-2H3,(H,17,19). The van der Waals surface area contributed by atoms with Gasteiger partial charge in [0.25, 0.3) is 0 Å². The second kappa shape index (κ2) is 4.48. The number of amides is 1. The van der Waals surface area contributed by atoms with Crippen LogP contribution in [0.1, 0.15) is 37.3 Å². The van der Waals surface area contributed by atoms with Crippen molar-refractivity contribution >= 4 is 11.7 Å². The molecule has 1 saturated carbocycles. The average Bonchev–Trinajstić information content (AvgIpc) is 3.13. The minimum absolute atomic E-state index is 0.0115. The third-order valence-corrected chi connectivity index (χ3v) is 4.60. The van der Waals surface area contributed by atoms with Crippen molar-refractivity contribution in [2.45, 2.75) is 38.6 Å². The summed E-state index contributed by atoms with van der Waals surface area (Å²) in [6.45, 7) is 3.26. The van der Waals surface area contributed by atoms with Gasteiger partial charge in [0.05, 0.1) is 6.04 Å². The van der Waals surface area contributed by atoms with Crippen molar-refractivity contribution in [3.05, 3.63) is 35.4 Å². The van der Waals surface area contributed by atoms with Crippen LogP contribution < -0.4 is 5.32 Å². The third kappa shape index (κ3) is 2.07. The Morgan fingerprint density at radius 3 is 2.79 bits per heavy atom. The molecule has 1 amide bonds. The lowest BCUT2D eigenvalue weighted by Crippen LogP contribution is -2.38. The Labute approximate surface area is 113 Å². The van der Waals surface area contributed by atoms with E-state index < -0.39 is 0 Å². The fourth-order valence-electron chi connectivity index (χ4n) is 3.34. The quantitative estimate of drug-likeness (QED) is 0.901. The predicted molar refractivity (Wildman–Crippen MR) is 72.8 cm³/mol. The van der Waals surface area contributed by atoms with E-state index in [1.165, 1.54) is 18.1 Å². The van der Waals surface area contributed by atoms with Crippen LogP contribution in [0, 0.1) is 11.8 Å². The molecule has 2 aliphatic carbocycles. The van der Waals surface area contributed by atoms with E-state index in [-0.39, 0.29) is 23.7 Å². The van der Waals surface area contributed by atoms with Crippen LogP contribution in [0.25, 0.3) is 0 Å². The number of ketones is 1. The number of benzene rings is 1. The molecule has 100 valence electrons. The number of hydrogen-bond donors (Lipinski definition) is 1. The van der Waals surface area contributed by atoms with Crippen molar-refractivity contribution < 1.29 is 9.59 Å². The van der Waals surface area contributed by atoms with E-state index in [4.69, 9.17) is 0 Å². The molecule has 0 radical (unpaired) electrons. The van der Waals surface area contributed by atoms with Gasteiger partial charge in [-0.15, -0.1) is 0 Å². The largest absolute Gasteiger partial charge is 0.346 e. The molecular formula is C16H19NO2. The van der Waals surface area contributed by atoms with Gasteiger partial charge in [0.15, 0.2) is 5.78 Å². The molecule has 1 fully saturated rings. The Morgan fingerprint density at radius 2 is 2.05 bits per heavy atom. The maximum absolute atomic E-state index is 12.2. The predicted octanol–water partition coefficient (Wildman–Crippen LogP) is 2.06. The van der Waals surface area contributed by atoms with Gasteiger partial charge in [-0.3, -0.25) is 9.59 Å². The number of carbonyl (C=O) groups is 2. The van der Waals surface area contributed by atoms with Crippen LogP contribution in [0.3, 0.4) is 0 Å². The molecule has 0 aromatic heterocycles. The number of fused-ring (bicyclic) bond motifs is 3. The number of aryl methyl sites for hydroxylation is 1. The van der Waals surface area contributed by atoms with Crippen LogP contribution >= 0.6 is 0 Å². The fraction of sp³-hybridized carbons (Fsp3) is 0.500. The van der Waals surface area contributed by atoms with Crippen LogP contribution in [-0.4, -0.2) is 17.7 Å². The van der Waals surface area contributed by atoms with Crippen molar-refractivity contribution in [1.29, 1.82) is 0 Å². The summed E-state index contributed by atoms with van der Waals surface area (Å²) in [7, 11) is 0. The smallest absolute Gasteiger partial charge is 0.224 e. The van der Waals surface area contributed by atoms with Crippen LogP contribution in [0.4, 0.5) is 0 Å². The molecule has 0 saturated heterocycles. The highest BCUT2D eigenvalue weighted by Gasteiger charge is 2.57. The number of carbonyl (C=O) groups excluding carboxylic acids is 2. The number of nitrogens with one attached hydrogen (secondary N) is 1. The van der Waals surface area contributed by atoms with E-state index in [2.05, 4.69) is 23.5 Å². The van der Waals surface area contributed by atoms with E-state index in [0.717, 1.165) is 12.8 Å². The second-order valence-electron chi connectivity index (χ2n) is 5.79. The molecule has 2 aliphatic rings. The summed E-state index contributed by atoms with van der Waals surface area (Å²) in [5, 5.41) is 2.84. The maximum Gasteiger partial charge on any atom is 0.224 e. The molecule has 3 rings (SSSR count). The normalized spacial score (nSPS) is 28.8. The molecule has 3 nitrogen and oxygen atoms in total. The Bertz CT molecular complexity index is 537. The maximum atomic E-state index is 12.2. The van der Waals surface area contributed by atoms with Crippen molar-refractivity contribution in [3.8, 4) is 0 Å². The van der Waals surface area contributed by atoms with E-state index in [9.17, 15) is 9.59 Å². The number of Topliss-reactive ketones (excluding diaryl/α,β-unsaturated/α-hetero) is 1. The summed E-state index contributed by atoms with van der Waals surface area (Å²) in [5.74, 6) is 0.996. The molecule has 19 heavy (non-hydrogen) atoms. The van der Waals surface area contributed by atoms with Crippen LogP contribution in [0.2, 0.25) is 0 Å². The molecule has 0 heterocycles. The topological polar surface area (TPSA) is 46.2 Å².